The van der Waals surface area contributed by atoms with Crippen LogP contribution in [0.2, 0.25) is 0 Å². The number of hydrogen-bond acceptors (Lipinski definition) is 4. The minimum Gasteiger partial charge on any atom is -0.324 e. The van der Waals surface area contributed by atoms with Crippen molar-refractivity contribution in [2.45, 2.75) is 38.1 Å². The molecule has 140 valence electrons. The third kappa shape index (κ3) is 2.93. The number of hydrogen-bond donors (Lipinski definition) is 0. The van der Waals surface area contributed by atoms with Gasteiger partial charge < -0.3 is 4.57 Å². The standard InChI is InChI=1S/C18H25N5O2S/c1-7-23-16-9-8-13(26(24,25)21(4)5)10-15(16)19-18(23)14-11-22(6)20-17(14)12(2)3/h8-12H,7H2,1-6H3. The van der Waals surface area contributed by atoms with E-state index in [9.17, 15) is 8.42 Å². The summed E-state index contributed by atoms with van der Waals surface area (Å²) in [6, 6.07) is 5.12. The summed E-state index contributed by atoms with van der Waals surface area (Å²) in [4.78, 5) is 5.02. The van der Waals surface area contributed by atoms with Crippen LogP contribution < -0.4 is 0 Å². The van der Waals surface area contributed by atoms with Crippen LogP contribution in [0, 0.1) is 0 Å². The molecule has 26 heavy (non-hydrogen) atoms. The van der Waals surface area contributed by atoms with Crippen LogP contribution >= 0.6 is 0 Å². The molecule has 0 bridgehead atoms. The lowest BCUT2D eigenvalue weighted by atomic mass is 10.1. The maximum Gasteiger partial charge on any atom is 0.242 e. The fourth-order valence-corrected chi connectivity index (χ4v) is 4.03. The molecule has 7 nitrogen and oxygen atoms in total. The van der Waals surface area contributed by atoms with E-state index < -0.39 is 10.0 Å². The van der Waals surface area contributed by atoms with Gasteiger partial charge in [-0.3, -0.25) is 4.68 Å². The first kappa shape index (κ1) is 18.6. The molecule has 0 aliphatic heterocycles. The summed E-state index contributed by atoms with van der Waals surface area (Å²) in [6.45, 7) is 7.00. The van der Waals surface area contributed by atoms with Gasteiger partial charge in [0.25, 0.3) is 0 Å². The molecule has 0 aliphatic rings. The van der Waals surface area contributed by atoms with Crippen molar-refractivity contribution >= 4 is 21.1 Å². The zero-order valence-corrected chi connectivity index (χ0v) is 16.9. The highest BCUT2D eigenvalue weighted by molar-refractivity contribution is 7.89. The minimum absolute atomic E-state index is 0.248. The van der Waals surface area contributed by atoms with Gasteiger partial charge in [-0.2, -0.15) is 5.10 Å². The monoisotopic (exact) mass is 375 g/mol. The molecule has 0 saturated carbocycles. The number of rotatable bonds is 5. The van der Waals surface area contributed by atoms with Crippen molar-refractivity contribution < 1.29 is 8.42 Å². The molecule has 1 aromatic carbocycles. The lowest BCUT2D eigenvalue weighted by molar-refractivity contribution is 0.521. The number of benzene rings is 1. The second-order valence-electron chi connectivity index (χ2n) is 6.87. The number of sulfonamides is 1. The second kappa shape index (κ2) is 6.51. The Morgan fingerprint density at radius 2 is 1.92 bits per heavy atom. The summed E-state index contributed by atoms with van der Waals surface area (Å²) in [5.74, 6) is 1.08. The average Bonchev–Trinajstić information content (AvgIpc) is 3.13. The van der Waals surface area contributed by atoms with Crippen LogP contribution in [0.15, 0.2) is 29.3 Å². The van der Waals surface area contributed by atoms with Gasteiger partial charge in [0.2, 0.25) is 10.0 Å². The Balaban J connectivity index is 2.26. The van der Waals surface area contributed by atoms with Gasteiger partial charge in [0.1, 0.15) is 5.82 Å². The zero-order valence-electron chi connectivity index (χ0n) is 16.1. The van der Waals surface area contributed by atoms with Gasteiger partial charge in [-0.05, 0) is 31.0 Å². The van der Waals surface area contributed by atoms with Gasteiger partial charge in [0.05, 0.1) is 27.2 Å². The molecule has 0 aliphatic carbocycles. The van der Waals surface area contributed by atoms with Gasteiger partial charge in [-0.15, -0.1) is 0 Å². The van der Waals surface area contributed by atoms with Crippen LogP contribution in [0.1, 0.15) is 32.4 Å². The maximum atomic E-state index is 12.4. The molecule has 0 spiro atoms. The molecule has 0 amide bonds. The van der Waals surface area contributed by atoms with E-state index in [1.807, 2.05) is 19.3 Å². The van der Waals surface area contributed by atoms with Gasteiger partial charge >= 0.3 is 0 Å². The maximum absolute atomic E-state index is 12.4. The van der Waals surface area contributed by atoms with Crippen LogP contribution in [-0.4, -0.2) is 46.1 Å². The van der Waals surface area contributed by atoms with Crippen molar-refractivity contribution in [3.8, 4) is 11.4 Å². The van der Waals surface area contributed by atoms with Crippen molar-refractivity contribution in [1.29, 1.82) is 0 Å². The minimum atomic E-state index is -3.49. The first-order valence-electron chi connectivity index (χ1n) is 8.63. The summed E-state index contributed by atoms with van der Waals surface area (Å²) < 4.78 is 30.0. The van der Waals surface area contributed by atoms with Crippen LogP contribution in [-0.2, 0) is 23.6 Å². The van der Waals surface area contributed by atoms with Gasteiger partial charge in [0, 0.05) is 33.9 Å². The third-order valence-electron chi connectivity index (χ3n) is 4.46. The van der Waals surface area contributed by atoms with E-state index in [-0.39, 0.29) is 10.8 Å². The number of nitrogens with zero attached hydrogens (tertiary/aromatic N) is 5. The summed E-state index contributed by atoms with van der Waals surface area (Å²) in [7, 11) is 1.46. The summed E-state index contributed by atoms with van der Waals surface area (Å²) in [5, 5.41) is 4.57. The Morgan fingerprint density at radius 1 is 1.23 bits per heavy atom. The van der Waals surface area contributed by atoms with Crippen LogP contribution in [0.3, 0.4) is 0 Å². The third-order valence-corrected chi connectivity index (χ3v) is 6.27. The largest absolute Gasteiger partial charge is 0.324 e. The van der Waals surface area contributed by atoms with Crippen molar-refractivity contribution in [1.82, 2.24) is 23.6 Å². The number of aryl methyl sites for hydroxylation is 2. The Hall–Kier alpha value is -2.19. The molecule has 3 rings (SSSR count). The Kier molecular flexibility index (Phi) is 4.66. The highest BCUT2D eigenvalue weighted by Gasteiger charge is 2.22. The normalized spacial score (nSPS) is 12.6. The highest BCUT2D eigenvalue weighted by atomic mass is 32.2. The first-order chi connectivity index (χ1) is 12.2. The molecule has 2 aromatic heterocycles. The SMILES string of the molecule is CCn1c(-c2cn(C)nc2C(C)C)nc2cc(S(=O)(=O)N(C)C)ccc21. The van der Waals surface area contributed by atoms with Crippen molar-refractivity contribution in [3.63, 3.8) is 0 Å². The van der Waals surface area contributed by atoms with E-state index in [0.717, 1.165) is 29.1 Å². The molecular formula is C18H25N5O2S. The number of aromatic nitrogens is 4. The lowest BCUT2D eigenvalue weighted by Crippen LogP contribution is -2.22. The first-order valence-corrected chi connectivity index (χ1v) is 10.1. The van der Waals surface area contributed by atoms with Gasteiger partial charge in [-0.25, -0.2) is 17.7 Å². The lowest BCUT2D eigenvalue weighted by Gasteiger charge is -2.11. The van der Waals surface area contributed by atoms with Crippen molar-refractivity contribution in [2.24, 2.45) is 7.05 Å². The second-order valence-corrected chi connectivity index (χ2v) is 9.03. The number of imidazole rings is 1. The van der Waals surface area contributed by atoms with Crippen molar-refractivity contribution in [2.75, 3.05) is 14.1 Å². The predicted molar refractivity (Wildman–Crippen MR) is 103 cm³/mol. The molecule has 2 heterocycles. The fraction of sp³-hybridized carbons (Fsp3) is 0.444. The molecular weight excluding hydrogens is 350 g/mol. The predicted octanol–water partition coefficient (Wildman–Crippen LogP) is 2.83. The molecule has 0 atom stereocenters. The molecule has 3 aromatic rings. The Labute approximate surface area is 154 Å². The highest BCUT2D eigenvalue weighted by Crippen LogP contribution is 2.31. The van der Waals surface area contributed by atoms with Gasteiger partial charge in [-0.1, -0.05) is 13.8 Å². The van der Waals surface area contributed by atoms with Crippen LogP contribution in [0.4, 0.5) is 0 Å². The smallest absolute Gasteiger partial charge is 0.242 e. The zero-order chi connectivity index (χ0) is 19.2. The van der Waals surface area contributed by atoms with Crippen LogP contribution in [0.5, 0.6) is 0 Å². The van der Waals surface area contributed by atoms with E-state index >= 15 is 0 Å². The summed E-state index contributed by atoms with van der Waals surface area (Å²) in [5.41, 5.74) is 3.55. The van der Waals surface area contributed by atoms with Crippen LogP contribution in [0.25, 0.3) is 22.4 Å². The summed E-state index contributed by atoms with van der Waals surface area (Å²) >= 11 is 0. The quantitative estimate of drug-likeness (QED) is 0.687. The van der Waals surface area contributed by atoms with E-state index in [2.05, 4.69) is 30.4 Å². The summed E-state index contributed by atoms with van der Waals surface area (Å²) in [6.07, 6.45) is 1.97. The molecule has 0 saturated heterocycles. The Bertz CT molecular complexity index is 1060. The molecule has 0 N–H and O–H groups in total. The number of fused-ring (bicyclic) bond motifs is 1. The van der Waals surface area contributed by atoms with Crippen molar-refractivity contribution in [3.05, 3.63) is 30.1 Å². The van der Waals surface area contributed by atoms with E-state index in [1.165, 1.54) is 18.4 Å². The topological polar surface area (TPSA) is 73.0 Å². The van der Waals surface area contributed by atoms with E-state index in [4.69, 9.17) is 4.98 Å². The molecule has 0 unspecified atom stereocenters. The van der Waals surface area contributed by atoms with Gasteiger partial charge in [0.15, 0.2) is 0 Å². The fourth-order valence-electron chi connectivity index (χ4n) is 3.11. The van der Waals surface area contributed by atoms with E-state index in [1.54, 1.807) is 16.8 Å². The molecule has 0 radical (unpaired) electrons. The van der Waals surface area contributed by atoms with E-state index in [0.29, 0.717) is 5.52 Å². The molecule has 0 fully saturated rings. The molecule has 8 heteroatoms. The Morgan fingerprint density at radius 3 is 2.50 bits per heavy atom. The average molecular weight is 375 g/mol.